The van der Waals surface area contributed by atoms with Crippen molar-refractivity contribution in [3.05, 3.63) is 60.2 Å². The average Bonchev–Trinajstić information content (AvgIpc) is 2.93. The van der Waals surface area contributed by atoms with Crippen molar-refractivity contribution in [2.45, 2.75) is 6.54 Å². The average molecular weight is 545 g/mol. The number of para-hydroxylation sites is 2. The maximum atomic E-state index is 13.1. The summed E-state index contributed by atoms with van der Waals surface area (Å²) in [6.45, 7) is 2.57. The number of ether oxygens (including phenoxy) is 3. The molecule has 1 aromatic heterocycles. The number of aliphatic hydroxyl groups is 1. The molecule has 204 valence electrons. The second-order valence-corrected chi connectivity index (χ2v) is 10.0. The summed E-state index contributed by atoms with van der Waals surface area (Å²) in [4.78, 5) is 13.2. The van der Waals surface area contributed by atoms with Crippen molar-refractivity contribution in [2.75, 3.05) is 63.2 Å². The molecular weight excluding hydrogens is 512 g/mol. The van der Waals surface area contributed by atoms with Gasteiger partial charge in [0, 0.05) is 32.7 Å². The minimum absolute atomic E-state index is 0.0188. The maximum Gasteiger partial charge on any atom is 0.300 e. The van der Waals surface area contributed by atoms with Gasteiger partial charge < -0.3 is 29.1 Å². The van der Waals surface area contributed by atoms with Gasteiger partial charge in [0.2, 0.25) is 11.7 Å². The molecule has 38 heavy (non-hydrogen) atoms. The molecule has 0 atom stereocenters. The molecule has 1 aliphatic rings. The topological polar surface area (TPSA) is 138 Å². The first-order valence-electron chi connectivity index (χ1n) is 12.1. The molecule has 0 radical (unpaired) electrons. The van der Waals surface area contributed by atoms with Crippen LogP contribution in [-0.4, -0.2) is 81.9 Å². The zero-order valence-electron chi connectivity index (χ0n) is 21.3. The molecule has 0 unspecified atom stereocenters. The Balaban J connectivity index is 1.72. The van der Waals surface area contributed by atoms with Crippen LogP contribution in [-0.2, 0) is 16.8 Å². The Morgan fingerprint density at radius 2 is 1.66 bits per heavy atom. The first-order chi connectivity index (χ1) is 18.4. The number of likely N-dealkylation sites (N-methyl/N-ethyl adjacent to an activating group) is 1. The lowest BCUT2D eigenvalue weighted by Gasteiger charge is -2.32. The fourth-order valence-corrected chi connectivity index (χ4v) is 4.54. The van der Waals surface area contributed by atoms with Gasteiger partial charge in [-0.3, -0.25) is 4.72 Å². The molecule has 1 fully saturated rings. The number of hydrogen-bond donors (Lipinski definition) is 3. The van der Waals surface area contributed by atoms with Crippen molar-refractivity contribution >= 4 is 22.0 Å². The molecule has 3 N–H and O–H groups in total. The number of nitrogens with zero attached hydrogens (tertiary/aromatic N) is 4. The molecule has 1 aliphatic heterocycles. The fourth-order valence-electron chi connectivity index (χ4n) is 3.72. The molecule has 2 heterocycles. The van der Waals surface area contributed by atoms with E-state index in [1.807, 2.05) is 42.3 Å². The van der Waals surface area contributed by atoms with Gasteiger partial charge in [-0.05, 0) is 24.7 Å². The predicted molar refractivity (Wildman–Crippen MR) is 143 cm³/mol. The van der Waals surface area contributed by atoms with E-state index in [1.165, 1.54) is 7.11 Å². The van der Waals surface area contributed by atoms with E-state index in [0.717, 1.165) is 18.7 Å². The van der Waals surface area contributed by atoms with E-state index in [2.05, 4.69) is 24.3 Å². The lowest BCUT2D eigenvalue weighted by molar-refractivity contribution is 0.192. The highest BCUT2D eigenvalue weighted by Gasteiger charge is 2.26. The maximum absolute atomic E-state index is 13.1. The van der Waals surface area contributed by atoms with Crippen LogP contribution < -0.4 is 28.6 Å². The number of piperazine rings is 1. The molecule has 13 heteroatoms. The number of aromatic nitrogens is 2. The van der Waals surface area contributed by atoms with Crippen LogP contribution in [0.1, 0.15) is 5.56 Å². The number of rotatable bonds is 12. The van der Waals surface area contributed by atoms with E-state index in [0.29, 0.717) is 24.6 Å². The summed E-state index contributed by atoms with van der Waals surface area (Å²) in [5, 5.41) is 9.40. The summed E-state index contributed by atoms with van der Waals surface area (Å²) in [7, 11) is -0.571. The highest BCUT2D eigenvalue weighted by molar-refractivity contribution is 7.90. The Kier molecular flexibility index (Phi) is 9.18. The van der Waals surface area contributed by atoms with Gasteiger partial charge in [-0.15, -0.1) is 0 Å². The summed E-state index contributed by atoms with van der Waals surface area (Å²) in [5.74, 6) is 0.797. The molecule has 1 saturated heterocycles. The fraction of sp³-hybridized carbons (Fsp3) is 0.360. The second kappa shape index (κ2) is 12.7. The first-order valence-corrected chi connectivity index (χ1v) is 13.6. The lowest BCUT2D eigenvalue weighted by Crippen LogP contribution is -2.45. The van der Waals surface area contributed by atoms with Crippen molar-refractivity contribution in [3.63, 3.8) is 0 Å². The highest BCUT2D eigenvalue weighted by atomic mass is 32.2. The molecule has 0 bridgehead atoms. The van der Waals surface area contributed by atoms with E-state index in [-0.39, 0.29) is 43.2 Å². The molecule has 12 nitrogen and oxygen atoms in total. The molecule has 2 aromatic carbocycles. The monoisotopic (exact) mass is 544 g/mol. The standard InChI is InChI=1S/C25H32N6O6S/c1-30-12-14-31(15-13-30)25-27-23(29-38(33,34)26-18-19-8-4-3-5-9-19)22(24(28-25)36-17-16-32)37-21-11-7-6-10-20(21)35-2/h3-11,26,32H,12-18H2,1-2H3,(H,27,28,29). The third-order valence-electron chi connectivity index (χ3n) is 5.76. The molecular formula is C25H32N6O6S. The summed E-state index contributed by atoms with van der Waals surface area (Å²) >= 11 is 0. The van der Waals surface area contributed by atoms with Crippen molar-refractivity contribution in [2.24, 2.45) is 0 Å². The predicted octanol–water partition coefficient (Wildman–Crippen LogP) is 1.85. The lowest BCUT2D eigenvalue weighted by atomic mass is 10.2. The van der Waals surface area contributed by atoms with Gasteiger partial charge in [0.15, 0.2) is 17.3 Å². The Bertz CT molecular complexity index is 1300. The van der Waals surface area contributed by atoms with E-state index < -0.39 is 10.2 Å². The zero-order valence-corrected chi connectivity index (χ0v) is 22.1. The Hall–Kier alpha value is -3.65. The summed E-state index contributed by atoms with van der Waals surface area (Å²) < 4.78 is 48.4. The largest absolute Gasteiger partial charge is 0.493 e. The van der Waals surface area contributed by atoms with Gasteiger partial charge in [-0.25, -0.2) is 0 Å². The van der Waals surface area contributed by atoms with Crippen molar-refractivity contribution in [3.8, 4) is 23.1 Å². The quantitative estimate of drug-likeness (QED) is 0.310. The smallest absolute Gasteiger partial charge is 0.300 e. The zero-order chi connectivity index (χ0) is 27.0. The third kappa shape index (κ3) is 7.22. The number of aliphatic hydroxyl groups excluding tert-OH is 1. The highest BCUT2D eigenvalue weighted by Crippen LogP contribution is 2.41. The van der Waals surface area contributed by atoms with Crippen LogP contribution in [0, 0.1) is 0 Å². The summed E-state index contributed by atoms with van der Waals surface area (Å²) in [6.07, 6.45) is 0. The van der Waals surface area contributed by atoms with E-state index in [9.17, 15) is 13.5 Å². The van der Waals surface area contributed by atoms with E-state index in [4.69, 9.17) is 14.2 Å². The van der Waals surface area contributed by atoms with Gasteiger partial charge in [0.25, 0.3) is 5.88 Å². The SMILES string of the molecule is COc1ccccc1Oc1c(NS(=O)(=O)NCc2ccccc2)nc(N2CCN(C)CC2)nc1OCCO. The minimum atomic E-state index is -4.09. The number of methoxy groups -OCH3 is 1. The van der Waals surface area contributed by atoms with Gasteiger partial charge >= 0.3 is 10.2 Å². The van der Waals surface area contributed by atoms with Gasteiger partial charge in [-0.1, -0.05) is 42.5 Å². The van der Waals surface area contributed by atoms with Crippen LogP contribution in [0.25, 0.3) is 0 Å². The normalized spacial score (nSPS) is 14.2. The molecule has 0 spiro atoms. The molecule has 4 rings (SSSR count). The number of nitrogens with one attached hydrogen (secondary N) is 2. The van der Waals surface area contributed by atoms with Crippen LogP contribution in [0.3, 0.4) is 0 Å². The Morgan fingerprint density at radius 3 is 2.34 bits per heavy atom. The van der Waals surface area contributed by atoms with Gasteiger partial charge in [0.1, 0.15) is 6.61 Å². The van der Waals surface area contributed by atoms with Crippen molar-refractivity contribution in [1.82, 2.24) is 19.6 Å². The van der Waals surface area contributed by atoms with Crippen LogP contribution in [0.2, 0.25) is 0 Å². The van der Waals surface area contributed by atoms with Crippen LogP contribution in [0.4, 0.5) is 11.8 Å². The van der Waals surface area contributed by atoms with Crippen LogP contribution >= 0.6 is 0 Å². The number of anilines is 2. The molecule has 0 saturated carbocycles. The summed E-state index contributed by atoms with van der Waals surface area (Å²) in [6, 6.07) is 16.0. The second-order valence-electron chi connectivity index (χ2n) is 8.53. The Labute approximate surface area is 222 Å². The Morgan fingerprint density at radius 1 is 0.974 bits per heavy atom. The number of benzene rings is 2. The summed E-state index contributed by atoms with van der Waals surface area (Å²) in [5.41, 5.74) is 0.788. The minimum Gasteiger partial charge on any atom is -0.493 e. The van der Waals surface area contributed by atoms with Crippen LogP contribution in [0.15, 0.2) is 54.6 Å². The van der Waals surface area contributed by atoms with Crippen molar-refractivity contribution in [1.29, 1.82) is 0 Å². The van der Waals surface area contributed by atoms with Crippen LogP contribution in [0.5, 0.6) is 23.1 Å². The molecule has 0 amide bonds. The van der Waals surface area contributed by atoms with Gasteiger partial charge in [-0.2, -0.15) is 23.1 Å². The molecule has 0 aliphatic carbocycles. The van der Waals surface area contributed by atoms with E-state index >= 15 is 0 Å². The first kappa shape index (κ1) is 27.4. The van der Waals surface area contributed by atoms with Gasteiger partial charge in [0.05, 0.1) is 13.7 Å². The number of hydrogen-bond acceptors (Lipinski definition) is 10. The molecule has 3 aromatic rings. The van der Waals surface area contributed by atoms with Crippen molar-refractivity contribution < 1.29 is 27.7 Å². The third-order valence-corrected chi connectivity index (χ3v) is 6.75. The van der Waals surface area contributed by atoms with E-state index in [1.54, 1.807) is 24.3 Å².